The second kappa shape index (κ2) is 6.04. The van der Waals surface area contributed by atoms with Crippen molar-refractivity contribution < 1.29 is 15.8 Å². The number of quaternary nitrogens is 1. The van der Waals surface area contributed by atoms with Gasteiger partial charge in [-0.1, -0.05) is 34.8 Å². The van der Waals surface area contributed by atoms with Crippen LogP contribution in [-0.4, -0.2) is 19.9 Å². The Bertz CT molecular complexity index is 419. The number of nitrogens with zero attached hydrogens (tertiary/aromatic N) is 1. The van der Waals surface area contributed by atoms with Crippen molar-refractivity contribution >= 4 is 40.5 Å². The van der Waals surface area contributed by atoms with E-state index in [-0.39, 0.29) is 12.1 Å². The van der Waals surface area contributed by atoms with Crippen molar-refractivity contribution in [2.24, 2.45) is 0 Å². The first kappa shape index (κ1) is 15.5. The molecular formula is C10H12Cl3N2O3+. The number of hydrogen-bond acceptors (Lipinski definition) is 3. The quantitative estimate of drug-likeness (QED) is 0.506. The molecule has 2 atom stereocenters. The molecule has 100 valence electrons. The molecule has 0 bridgehead atoms. The van der Waals surface area contributed by atoms with E-state index in [0.29, 0.717) is 5.56 Å². The van der Waals surface area contributed by atoms with E-state index in [0.717, 1.165) is 0 Å². The second-order valence-electron chi connectivity index (χ2n) is 3.84. The molecule has 1 aromatic carbocycles. The zero-order chi connectivity index (χ0) is 13.9. The molecule has 0 aliphatic heterocycles. The molecule has 0 amide bonds. The molecule has 1 rings (SSSR count). The molecule has 0 radical (unpaired) electrons. The van der Waals surface area contributed by atoms with Crippen LogP contribution in [0.15, 0.2) is 24.3 Å². The Morgan fingerprint density at radius 1 is 1.33 bits per heavy atom. The summed E-state index contributed by atoms with van der Waals surface area (Å²) in [5.74, 6) is 0. The summed E-state index contributed by atoms with van der Waals surface area (Å²) in [5.41, 5.74) is 4.13. The highest BCUT2D eigenvalue weighted by atomic mass is 35.6. The third-order valence-corrected chi connectivity index (χ3v) is 3.39. The van der Waals surface area contributed by atoms with Crippen LogP contribution in [0.4, 0.5) is 5.69 Å². The summed E-state index contributed by atoms with van der Waals surface area (Å²) >= 11 is 16.9. The van der Waals surface area contributed by atoms with Gasteiger partial charge in [0.2, 0.25) is 3.79 Å². The molecule has 5 nitrogen and oxygen atoms in total. The van der Waals surface area contributed by atoms with Gasteiger partial charge in [-0.25, -0.2) is 0 Å². The van der Waals surface area contributed by atoms with Crippen LogP contribution in [-0.2, 0) is 0 Å². The summed E-state index contributed by atoms with van der Waals surface area (Å²) in [6, 6.07) is 4.97. The number of benzene rings is 1. The van der Waals surface area contributed by atoms with Crippen LogP contribution in [0.25, 0.3) is 0 Å². The lowest BCUT2D eigenvalue weighted by Gasteiger charge is -2.19. The maximum Gasteiger partial charge on any atom is 0.269 e. The van der Waals surface area contributed by atoms with Crippen molar-refractivity contribution in [3.05, 3.63) is 39.9 Å². The molecular weight excluding hydrogens is 302 g/mol. The molecule has 0 saturated carbocycles. The standard InChI is InChI=1S/C10H11Cl3N2O3/c11-10(12,13)9(14)5-8(16)6-1-3-7(4-2-6)15(17)18/h1-4,8-9,16H,5,14H2/p+1/t8-,9+/m1/s1. The van der Waals surface area contributed by atoms with Crippen molar-refractivity contribution in [2.45, 2.75) is 22.4 Å². The Kier molecular flexibility index (Phi) is 5.19. The Labute approximate surface area is 119 Å². The van der Waals surface area contributed by atoms with Gasteiger partial charge in [0.25, 0.3) is 5.69 Å². The summed E-state index contributed by atoms with van der Waals surface area (Å²) in [6.07, 6.45) is -0.738. The zero-order valence-electron chi connectivity index (χ0n) is 9.22. The highest BCUT2D eigenvalue weighted by Crippen LogP contribution is 2.32. The number of nitro benzene ring substituents is 1. The van der Waals surface area contributed by atoms with Crippen LogP contribution in [0.2, 0.25) is 0 Å². The van der Waals surface area contributed by atoms with Gasteiger partial charge in [-0.3, -0.25) is 10.1 Å². The molecule has 0 spiro atoms. The average Bonchev–Trinajstić information content (AvgIpc) is 2.27. The lowest BCUT2D eigenvalue weighted by Crippen LogP contribution is -2.67. The SMILES string of the molecule is [NH3+][C@@H](C[C@@H](O)c1ccc([N+](=O)[O-])cc1)C(Cl)(Cl)Cl. The summed E-state index contributed by atoms with van der Waals surface area (Å²) in [6.45, 7) is 0. The van der Waals surface area contributed by atoms with Gasteiger partial charge >= 0.3 is 0 Å². The third kappa shape index (κ3) is 4.26. The molecule has 0 aliphatic carbocycles. The third-order valence-electron chi connectivity index (χ3n) is 2.46. The van der Waals surface area contributed by atoms with Crippen LogP contribution >= 0.6 is 34.8 Å². The first-order valence-electron chi connectivity index (χ1n) is 5.04. The normalized spacial score (nSPS) is 15.2. The van der Waals surface area contributed by atoms with Gasteiger partial charge in [-0.2, -0.15) is 0 Å². The summed E-state index contributed by atoms with van der Waals surface area (Å²) in [7, 11) is 0. The van der Waals surface area contributed by atoms with Crippen molar-refractivity contribution in [2.75, 3.05) is 0 Å². The summed E-state index contributed by atoms with van der Waals surface area (Å²) < 4.78 is -1.55. The monoisotopic (exact) mass is 313 g/mol. The molecule has 0 unspecified atom stereocenters. The van der Waals surface area contributed by atoms with Gasteiger partial charge in [-0.15, -0.1) is 0 Å². The fraction of sp³-hybridized carbons (Fsp3) is 0.400. The van der Waals surface area contributed by atoms with Crippen molar-refractivity contribution in [3.63, 3.8) is 0 Å². The summed E-state index contributed by atoms with van der Waals surface area (Å²) in [4.78, 5) is 9.96. The predicted molar refractivity (Wildman–Crippen MR) is 69.6 cm³/mol. The predicted octanol–water partition coefficient (Wildman–Crippen LogP) is 2.00. The van der Waals surface area contributed by atoms with E-state index in [1.807, 2.05) is 0 Å². The molecule has 0 heterocycles. The van der Waals surface area contributed by atoms with E-state index < -0.39 is 20.9 Å². The van der Waals surface area contributed by atoms with Crippen molar-refractivity contribution in [1.82, 2.24) is 0 Å². The van der Waals surface area contributed by atoms with E-state index in [9.17, 15) is 15.2 Å². The number of nitro groups is 1. The van der Waals surface area contributed by atoms with Crippen LogP contribution in [0, 0.1) is 10.1 Å². The van der Waals surface area contributed by atoms with Crippen molar-refractivity contribution in [3.8, 4) is 0 Å². The minimum Gasteiger partial charge on any atom is -0.388 e. The summed E-state index contributed by atoms with van der Waals surface area (Å²) in [5, 5.41) is 20.4. The molecule has 0 aromatic heterocycles. The Balaban J connectivity index is 2.73. The van der Waals surface area contributed by atoms with E-state index in [4.69, 9.17) is 34.8 Å². The maximum atomic E-state index is 10.5. The zero-order valence-corrected chi connectivity index (χ0v) is 11.5. The fourth-order valence-corrected chi connectivity index (χ4v) is 1.62. The number of hydrogen-bond donors (Lipinski definition) is 2. The van der Waals surface area contributed by atoms with Gasteiger partial charge in [0.05, 0.1) is 11.0 Å². The van der Waals surface area contributed by atoms with Crippen molar-refractivity contribution in [1.29, 1.82) is 0 Å². The molecule has 0 aliphatic rings. The highest BCUT2D eigenvalue weighted by molar-refractivity contribution is 6.68. The van der Waals surface area contributed by atoms with Gasteiger partial charge in [0.1, 0.15) is 6.04 Å². The van der Waals surface area contributed by atoms with Crippen LogP contribution in [0.1, 0.15) is 18.1 Å². The lowest BCUT2D eigenvalue weighted by molar-refractivity contribution is -0.422. The molecule has 1 aromatic rings. The second-order valence-corrected chi connectivity index (χ2v) is 6.21. The minimum atomic E-state index is -1.55. The Hall–Kier alpha value is -0.590. The van der Waals surface area contributed by atoms with Gasteiger partial charge in [-0.05, 0) is 17.7 Å². The van der Waals surface area contributed by atoms with E-state index in [1.54, 1.807) is 0 Å². The number of halogens is 3. The van der Waals surface area contributed by atoms with Gasteiger partial charge < -0.3 is 10.8 Å². The van der Waals surface area contributed by atoms with Crippen LogP contribution < -0.4 is 5.73 Å². The Morgan fingerprint density at radius 2 is 1.83 bits per heavy atom. The number of alkyl halides is 3. The minimum absolute atomic E-state index is 0.0431. The molecule has 0 saturated heterocycles. The largest absolute Gasteiger partial charge is 0.388 e. The van der Waals surface area contributed by atoms with Crippen LogP contribution in [0.5, 0.6) is 0 Å². The molecule has 0 fully saturated rings. The van der Waals surface area contributed by atoms with E-state index >= 15 is 0 Å². The lowest BCUT2D eigenvalue weighted by atomic mass is 10.0. The molecule has 18 heavy (non-hydrogen) atoms. The van der Waals surface area contributed by atoms with Crippen LogP contribution in [0.3, 0.4) is 0 Å². The fourth-order valence-electron chi connectivity index (χ4n) is 1.36. The Morgan fingerprint density at radius 3 is 2.22 bits per heavy atom. The number of aliphatic hydroxyl groups is 1. The topological polar surface area (TPSA) is 91.0 Å². The molecule has 4 N–H and O–H groups in total. The number of aliphatic hydroxyl groups excluding tert-OH is 1. The number of rotatable bonds is 4. The average molecular weight is 315 g/mol. The van der Waals surface area contributed by atoms with Gasteiger partial charge in [0.15, 0.2) is 0 Å². The number of non-ortho nitro benzene ring substituents is 1. The van der Waals surface area contributed by atoms with E-state index in [1.165, 1.54) is 24.3 Å². The maximum absolute atomic E-state index is 10.5. The van der Waals surface area contributed by atoms with E-state index in [2.05, 4.69) is 5.73 Å². The van der Waals surface area contributed by atoms with Gasteiger partial charge in [0, 0.05) is 18.6 Å². The smallest absolute Gasteiger partial charge is 0.269 e. The highest BCUT2D eigenvalue weighted by Gasteiger charge is 2.34. The molecule has 8 heteroatoms. The first-order valence-corrected chi connectivity index (χ1v) is 6.17. The first-order chi connectivity index (χ1) is 8.21.